The first kappa shape index (κ1) is 18.8. The van der Waals surface area contributed by atoms with E-state index in [9.17, 15) is 0 Å². The first-order valence-electron chi connectivity index (χ1n) is 5.06. The fourth-order valence-electron chi connectivity index (χ4n) is 1.31. The van der Waals surface area contributed by atoms with Gasteiger partial charge in [-0.1, -0.05) is 0 Å². The van der Waals surface area contributed by atoms with Gasteiger partial charge in [-0.25, -0.2) is 0 Å². The van der Waals surface area contributed by atoms with E-state index in [0.29, 0.717) is 19.8 Å². The van der Waals surface area contributed by atoms with Crippen molar-refractivity contribution in [3.05, 3.63) is 23.5 Å². The van der Waals surface area contributed by atoms with Crippen LogP contribution in [0.25, 0.3) is 0 Å². The van der Waals surface area contributed by atoms with Crippen LogP contribution in [0.3, 0.4) is 0 Å². The molecule has 0 aliphatic carbocycles. The minimum atomic E-state index is 0. The lowest BCUT2D eigenvalue weighted by atomic mass is 10.2. The molecule has 0 saturated carbocycles. The number of nitrogens with two attached hydrogens (primary N) is 1. The number of methoxy groups -OCH3 is 1. The molecule has 17 heavy (non-hydrogen) atoms. The van der Waals surface area contributed by atoms with Crippen LogP contribution in [-0.2, 0) is 11.3 Å². The Labute approximate surface area is 115 Å². The fourth-order valence-corrected chi connectivity index (χ4v) is 1.31. The van der Waals surface area contributed by atoms with Gasteiger partial charge in [0.2, 0.25) is 0 Å². The summed E-state index contributed by atoms with van der Waals surface area (Å²) in [5.41, 5.74) is 7.47. The van der Waals surface area contributed by atoms with Crippen LogP contribution in [0.4, 0.5) is 0 Å². The van der Waals surface area contributed by atoms with Crippen LogP contribution >= 0.6 is 24.8 Å². The van der Waals surface area contributed by atoms with E-state index in [1.54, 1.807) is 13.3 Å². The van der Waals surface area contributed by atoms with E-state index in [1.165, 1.54) is 0 Å². The van der Waals surface area contributed by atoms with Crippen LogP contribution in [0.2, 0.25) is 0 Å². The Balaban J connectivity index is 0. The summed E-state index contributed by atoms with van der Waals surface area (Å²) in [6.45, 7) is 3.79. The Morgan fingerprint density at radius 1 is 1.29 bits per heavy atom. The van der Waals surface area contributed by atoms with E-state index in [0.717, 1.165) is 23.4 Å². The van der Waals surface area contributed by atoms with Crippen molar-refractivity contribution in [3.63, 3.8) is 0 Å². The van der Waals surface area contributed by atoms with Crippen molar-refractivity contribution in [2.45, 2.75) is 19.9 Å². The average Bonchev–Trinajstić information content (AvgIpc) is 2.26. The molecule has 4 nitrogen and oxygen atoms in total. The zero-order valence-corrected chi connectivity index (χ0v) is 11.8. The molecule has 0 fully saturated rings. The maximum absolute atomic E-state index is 5.61. The van der Waals surface area contributed by atoms with Crippen molar-refractivity contribution >= 4 is 24.8 Å². The average molecular weight is 283 g/mol. The van der Waals surface area contributed by atoms with Gasteiger partial charge in [-0.2, -0.15) is 0 Å². The lowest BCUT2D eigenvalue weighted by Crippen LogP contribution is -2.06. The van der Waals surface area contributed by atoms with E-state index >= 15 is 0 Å². The number of pyridine rings is 1. The van der Waals surface area contributed by atoms with Crippen molar-refractivity contribution in [2.75, 3.05) is 20.3 Å². The van der Waals surface area contributed by atoms with Crippen LogP contribution in [0.5, 0.6) is 5.75 Å². The molecule has 0 aromatic carbocycles. The van der Waals surface area contributed by atoms with Gasteiger partial charge in [-0.05, 0) is 13.0 Å². The van der Waals surface area contributed by atoms with E-state index in [2.05, 4.69) is 4.98 Å². The number of aromatic nitrogens is 1. The third kappa shape index (κ3) is 6.07. The third-order valence-corrected chi connectivity index (χ3v) is 2.20. The molecule has 0 spiro atoms. The van der Waals surface area contributed by atoms with Crippen molar-refractivity contribution in [1.82, 2.24) is 4.98 Å². The number of rotatable bonds is 6. The molecule has 0 radical (unpaired) electrons. The molecule has 0 amide bonds. The number of ether oxygens (including phenoxy) is 2. The summed E-state index contributed by atoms with van der Waals surface area (Å²) < 4.78 is 10.5. The molecule has 0 atom stereocenters. The maximum atomic E-state index is 5.61. The Morgan fingerprint density at radius 2 is 2.00 bits per heavy atom. The molecular weight excluding hydrogens is 263 g/mol. The zero-order valence-electron chi connectivity index (χ0n) is 10.1. The second-order valence-electron chi connectivity index (χ2n) is 3.28. The summed E-state index contributed by atoms with van der Waals surface area (Å²) in [4.78, 5) is 4.17. The van der Waals surface area contributed by atoms with Gasteiger partial charge >= 0.3 is 0 Å². The van der Waals surface area contributed by atoms with Crippen LogP contribution in [0.15, 0.2) is 12.3 Å². The molecule has 6 heteroatoms. The quantitative estimate of drug-likeness (QED) is 0.812. The van der Waals surface area contributed by atoms with Crippen molar-refractivity contribution in [2.24, 2.45) is 5.73 Å². The molecular formula is C11H20Cl2N2O2. The van der Waals surface area contributed by atoms with Gasteiger partial charge in [0.1, 0.15) is 5.75 Å². The molecule has 1 aromatic rings. The Morgan fingerprint density at radius 3 is 2.59 bits per heavy atom. The normalized spacial score (nSPS) is 9.12. The molecule has 100 valence electrons. The lowest BCUT2D eigenvalue weighted by molar-refractivity contribution is 0.172. The summed E-state index contributed by atoms with van der Waals surface area (Å²) in [5, 5.41) is 0. The molecule has 0 unspecified atom stereocenters. The second kappa shape index (κ2) is 10.6. The Kier molecular flexibility index (Phi) is 11.7. The summed E-state index contributed by atoms with van der Waals surface area (Å²) in [5.74, 6) is 0.863. The van der Waals surface area contributed by atoms with Gasteiger partial charge in [0, 0.05) is 38.4 Å². The van der Waals surface area contributed by atoms with E-state index in [-0.39, 0.29) is 24.8 Å². The molecule has 1 heterocycles. The summed E-state index contributed by atoms with van der Waals surface area (Å²) in [6, 6.07) is 1.86. The first-order chi connectivity index (χ1) is 7.29. The van der Waals surface area contributed by atoms with Crippen LogP contribution in [-0.4, -0.2) is 25.3 Å². The maximum Gasteiger partial charge on any atom is 0.125 e. The highest BCUT2D eigenvalue weighted by Crippen LogP contribution is 2.19. The van der Waals surface area contributed by atoms with Crippen LogP contribution < -0.4 is 10.5 Å². The highest BCUT2D eigenvalue weighted by Gasteiger charge is 2.04. The summed E-state index contributed by atoms with van der Waals surface area (Å²) >= 11 is 0. The number of nitrogens with zero attached hydrogens (tertiary/aromatic N) is 1. The third-order valence-electron chi connectivity index (χ3n) is 2.20. The van der Waals surface area contributed by atoms with Crippen LogP contribution in [0.1, 0.15) is 17.7 Å². The smallest absolute Gasteiger partial charge is 0.125 e. The summed E-state index contributed by atoms with van der Waals surface area (Å²) in [6.07, 6.45) is 2.61. The number of hydrogen-bond acceptors (Lipinski definition) is 4. The van der Waals surface area contributed by atoms with Crippen molar-refractivity contribution in [1.29, 1.82) is 0 Å². The predicted octanol–water partition coefficient (Wildman–Crippen LogP) is 2.11. The van der Waals surface area contributed by atoms with E-state index in [1.807, 2.05) is 13.0 Å². The summed E-state index contributed by atoms with van der Waals surface area (Å²) in [7, 11) is 1.68. The topological polar surface area (TPSA) is 57.4 Å². The standard InChI is InChI=1S/C11H18N2O2.2ClH/c1-9-10(8-12)13-5-4-11(9)15-7-3-6-14-2;;/h4-5H,3,6-8,12H2,1-2H3;2*1H. The van der Waals surface area contributed by atoms with Gasteiger partial charge in [0.15, 0.2) is 0 Å². The number of halogens is 2. The monoisotopic (exact) mass is 282 g/mol. The van der Waals surface area contributed by atoms with E-state index < -0.39 is 0 Å². The van der Waals surface area contributed by atoms with Gasteiger partial charge in [0.25, 0.3) is 0 Å². The zero-order chi connectivity index (χ0) is 11.1. The van der Waals surface area contributed by atoms with Gasteiger partial charge in [-0.15, -0.1) is 24.8 Å². The molecule has 0 aliphatic rings. The minimum absolute atomic E-state index is 0. The number of hydrogen-bond donors (Lipinski definition) is 1. The molecule has 0 aliphatic heterocycles. The molecule has 1 aromatic heterocycles. The van der Waals surface area contributed by atoms with Crippen molar-refractivity contribution < 1.29 is 9.47 Å². The lowest BCUT2D eigenvalue weighted by Gasteiger charge is -2.10. The largest absolute Gasteiger partial charge is 0.493 e. The van der Waals surface area contributed by atoms with Crippen molar-refractivity contribution in [3.8, 4) is 5.75 Å². The first-order valence-corrected chi connectivity index (χ1v) is 5.06. The van der Waals surface area contributed by atoms with Crippen LogP contribution in [0, 0.1) is 6.92 Å². The highest BCUT2D eigenvalue weighted by molar-refractivity contribution is 5.85. The Hall–Kier alpha value is -0.550. The molecule has 0 saturated heterocycles. The highest BCUT2D eigenvalue weighted by atomic mass is 35.5. The van der Waals surface area contributed by atoms with Gasteiger partial charge < -0.3 is 15.2 Å². The Bertz CT molecular complexity index is 312. The molecule has 0 bridgehead atoms. The minimum Gasteiger partial charge on any atom is -0.493 e. The second-order valence-corrected chi connectivity index (χ2v) is 3.28. The van der Waals surface area contributed by atoms with E-state index in [4.69, 9.17) is 15.2 Å². The SMILES string of the molecule is COCCCOc1ccnc(CN)c1C.Cl.Cl. The fraction of sp³-hybridized carbons (Fsp3) is 0.545. The van der Waals surface area contributed by atoms with Gasteiger partial charge in [0.05, 0.1) is 12.3 Å². The van der Waals surface area contributed by atoms with Gasteiger partial charge in [-0.3, -0.25) is 4.98 Å². The molecule has 2 N–H and O–H groups in total. The molecule has 1 rings (SSSR count). The predicted molar refractivity (Wildman–Crippen MR) is 73.3 cm³/mol.